The molecule has 0 unspecified atom stereocenters. The molecule has 1 aromatic carbocycles. The third kappa shape index (κ3) is 3.72. The minimum atomic E-state index is 0.750. The van der Waals surface area contributed by atoms with Crippen LogP contribution in [0.2, 0.25) is 0 Å². The Morgan fingerprint density at radius 2 is 1.89 bits per heavy atom. The first kappa shape index (κ1) is 12.9. The number of nitrogens with one attached hydrogen (secondary N) is 1. The largest absolute Gasteiger partial charge is 0.383 e. The number of rotatable bonds is 7. The standard InChI is InChI=1S/C15H20N2O/c1-18-11-10-17-9-5-8-15(17)13-16-12-14-6-3-2-4-7-14/h2-9,16H,10-13H2,1H3. The highest BCUT2D eigenvalue weighted by atomic mass is 16.5. The Balaban J connectivity index is 1.81. The van der Waals surface area contributed by atoms with Gasteiger partial charge >= 0.3 is 0 Å². The van der Waals surface area contributed by atoms with E-state index in [9.17, 15) is 0 Å². The van der Waals surface area contributed by atoms with Gasteiger partial charge in [0.05, 0.1) is 6.61 Å². The molecule has 0 amide bonds. The van der Waals surface area contributed by atoms with Gasteiger partial charge in [0, 0.05) is 38.6 Å². The molecule has 2 rings (SSSR count). The third-order valence-electron chi connectivity index (χ3n) is 2.94. The lowest BCUT2D eigenvalue weighted by molar-refractivity contribution is 0.186. The van der Waals surface area contributed by atoms with Crippen molar-refractivity contribution in [2.75, 3.05) is 13.7 Å². The Hall–Kier alpha value is -1.58. The molecule has 3 heteroatoms. The van der Waals surface area contributed by atoms with Crippen LogP contribution >= 0.6 is 0 Å². The Labute approximate surface area is 108 Å². The van der Waals surface area contributed by atoms with E-state index in [1.54, 1.807) is 7.11 Å². The van der Waals surface area contributed by atoms with Gasteiger partial charge in [0.2, 0.25) is 0 Å². The molecular weight excluding hydrogens is 224 g/mol. The molecule has 1 heterocycles. The lowest BCUT2D eigenvalue weighted by Gasteiger charge is -2.09. The molecule has 0 aliphatic heterocycles. The fraction of sp³-hybridized carbons (Fsp3) is 0.333. The van der Waals surface area contributed by atoms with Crippen LogP contribution in [0.5, 0.6) is 0 Å². The average Bonchev–Trinajstić information content (AvgIpc) is 2.85. The predicted molar refractivity (Wildman–Crippen MR) is 73.3 cm³/mol. The smallest absolute Gasteiger partial charge is 0.0641 e. The lowest BCUT2D eigenvalue weighted by Crippen LogP contribution is -2.16. The summed E-state index contributed by atoms with van der Waals surface area (Å²) < 4.78 is 7.33. The molecule has 0 atom stereocenters. The number of aromatic nitrogens is 1. The fourth-order valence-corrected chi connectivity index (χ4v) is 1.95. The highest BCUT2D eigenvalue weighted by Crippen LogP contribution is 2.03. The zero-order valence-corrected chi connectivity index (χ0v) is 10.8. The second kappa shape index (κ2) is 6.99. The molecule has 0 saturated carbocycles. The zero-order valence-electron chi connectivity index (χ0n) is 10.8. The molecule has 0 spiro atoms. The number of ether oxygens (including phenoxy) is 1. The van der Waals surface area contributed by atoms with E-state index in [-0.39, 0.29) is 0 Å². The second-order valence-corrected chi connectivity index (χ2v) is 4.27. The minimum absolute atomic E-state index is 0.750. The maximum absolute atomic E-state index is 5.10. The minimum Gasteiger partial charge on any atom is -0.383 e. The van der Waals surface area contributed by atoms with Crippen molar-refractivity contribution in [3.63, 3.8) is 0 Å². The van der Waals surface area contributed by atoms with Crippen molar-refractivity contribution in [2.45, 2.75) is 19.6 Å². The van der Waals surface area contributed by atoms with E-state index in [2.05, 4.69) is 52.5 Å². The number of methoxy groups -OCH3 is 1. The van der Waals surface area contributed by atoms with Crippen LogP contribution in [0.1, 0.15) is 11.3 Å². The molecule has 1 N–H and O–H groups in total. The molecule has 96 valence electrons. The van der Waals surface area contributed by atoms with Crippen LogP contribution in [0.3, 0.4) is 0 Å². The van der Waals surface area contributed by atoms with Gasteiger partial charge in [-0.3, -0.25) is 0 Å². The molecule has 1 aromatic heterocycles. The summed E-state index contributed by atoms with van der Waals surface area (Å²) >= 11 is 0. The SMILES string of the molecule is COCCn1cccc1CNCc1ccccc1. The molecule has 3 nitrogen and oxygen atoms in total. The van der Waals surface area contributed by atoms with Gasteiger partial charge in [0.15, 0.2) is 0 Å². The van der Waals surface area contributed by atoms with Crippen molar-refractivity contribution in [1.29, 1.82) is 0 Å². The molecule has 0 radical (unpaired) electrons. The van der Waals surface area contributed by atoms with Crippen molar-refractivity contribution >= 4 is 0 Å². The van der Waals surface area contributed by atoms with Crippen molar-refractivity contribution in [3.8, 4) is 0 Å². The number of nitrogens with zero attached hydrogens (tertiary/aromatic N) is 1. The van der Waals surface area contributed by atoms with Gasteiger partial charge in [-0.05, 0) is 17.7 Å². The Kier molecular flexibility index (Phi) is 5.00. The summed E-state index contributed by atoms with van der Waals surface area (Å²) in [5.74, 6) is 0. The summed E-state index contributed by atoms with van der Waals surface area (Å²) in [5, 5.41) is 3.46. The molecule has 0 aliphatic carbocycles. The van der Waals surface area contributed by atoms with Gasteiger partial charge in [-0.2, -0.15) is 0 Å². The van der Waals surface area contributed by atoms with Gasteiger partial charge in [0.1, 0.15) is 0 Å². The van der Waals surface area contributed by atoms with Gasteiger partial charge in [-0.1, -0.05) is 30.3 Å². The third-order valence-corrected chi connectivity index (χ3v) is 2.94. The maximum atomic E-state index is 5.10. The molecule has 2 aromatic rings. The number of benzene rings is 1. The molecule has 0 bridgehead atoms. The van der Waals surface area contributed by atoms with Crippen molar-refractivity contribution in [1.82, 2.24) is 9.88 Å². The summed E-state index contributed by atoms with van der Waals surface area (Å²) in [6.45, 7) is 3.44. The first-order chi connectivity index (χ1) is 8.90. The predicted octanol–water partition coefficient (Wildman–Crippen LogP) is 2.42. The highest BCUT2D eigenvalue weighted by Gasteiger charge is 2.00. The van der Waals surface area contributed by atoms with Gasteiger partial charge in [-0.25, -0.2) is 0 Å². The highest BCUT2D eigenvalue weighted by molar-refractivity contribution is 5.14. The molecule has 18 heavy (non-hydrogen) atoms. The topological polar surface area (TPSA) is 26.2 Å². The monoisotopic (exact) mass is 244 g/mol. The first-order valence-corrected chi connectivity index (χ1v) is 6.28. The molecule has 0 fully saturated rings. The quantitative estimate of drug-likeness (QED) is 0.809. The molecular formula is C15H20N2O. The fourth-order valence-electron chi connectivity index (χ4n) is 1.95. The van der Waals surface area contributed by atoms with E-state index in [0.717, 1.165) is 26.2 Å². The van der Waals surface area contributed by atoms with Gasteiger partial charge in [-0.15, -0.1) is 0 Å². The lowest BCUT2D eigenvalue weighted by atomic mass is 10.2. The van der Waals surface area contributed by atoms with Crippen molar-refractivity contribution in [2.24, 2.45) is 0 Å². The van der Waals surface area contributed by atoms with Gasteiger partial charge < -0.3 is 14.6 Å². The van der Waals surface area contributed by atoms with Crippen LogP contribution in [0, 0.1) is 0 Å². The molecule has 0 saturated heterocycles. The van der Waals surface area contributed by atoms with Crippen LogP contribution in [0.25, 0.3) is 0 Å². The Morgan fingerprint density at radius 3 is 2.67 bits per heavy atom. The van der Waals surface area contributed by atoms with E-state index >= 15 is 0 Å². The van der Waals surface area contributed by atoms with Crippen LogP contribution in [-0.4, -0.2) is 18.3 Å². The van der Waals surface area contributed by atoms with Crippen molar-refractivity contribution in [3.05, 3.63) is 59.9 Å². The van der Waals surface area contributed by atoms with E-state index in [4.69, 9.17) is 4.74 Å². The normalized spacial score (nSPS) is 10.7. The second-order valence-electron chi connectivity index (χ2n) is 4.27. The summed E-state index contributed by atoms with van der Waals surface area (Å²) in [6.07, 6.45) is 2.10. The summed E-state index contributed by atoms with van der Waals surface area (Å²) in [6, 6.07) is 14.7. The van der Waals surface area contributed by atoms with E-state index in [1.165, 1.54) is 11.3 Å². The van der Waals surface area contributed by atoms with Gasteiger partial charge in [0.25, 0.3) is 0 Å². The van der Waals surface area contributed by atoms with E-state index in [1.807, 2.05) is 6.07 Å². The maximum Gasteiger partial charge on any atom is 0.0641 e. The summed E-state index contributed by atoms with van der Waals surface area (Å²) in [4.78, 5) is 0. The van der Waals surface area contributed by atoms with Crippen LogP contribution < -0.4 is 5.32 Å². The zero-order chi connectivity index (χ0) is 12.6. The first-order valence-electron chi connectivity index (χ1n) is 6.28. The van der Waals surface area contributed by atoms with Crippen LogP contribution in [-0.2, 0) is 24.4 Å². The molecule has 0 aliphatic rings. The van der Waals surface area contributed by atoms with Crippen molar-refractivity contribution < 1.29 is 4.74 Å². The van der Waals surface area contributed by atoms with Crippen LogP contribution in [0.4, 0.5) is 0 Å². The van der Waals surface area contributed by atoms with Crippen LogP contribution in [0.15, 0.2) is 48.7 Å². The Morgan fingerprint density at radius 1 is 1.06 bits per heavy atom. The van der Waals surface area contributed by atoms with E-state index in [0.29, 0.717) is 0 Å². The summed E-state index contributed by atoms with van der Waals surface area (Å²) in [7, 11) is 1.73. The van der Waals surface area contributed by atoms with E-state index < -0.39 is 0 Å². The Bertz CT molecular complexity index is 451. The number of hydrogen-bond donors (Lipinski definition) is 1. The summed E-state index contributed by atoms with van der Waals surface area (Å²) in [5.41, 5.74) is 2.61. The average molecular weight is 244 g/mol. The number of hydrogen-bond acceptors (Lipinski definition) is 2.